The van der Waals surface area contributed by atoms with Gasteiger partial charge in [-0.1, -0.05) is 0 Å². The highest BCUT2D eigenvalue weighted by Gasteiger charge is 2.24. The Kier molecular flexibility index (Phi) is 3.02. The van der Waals surface area contributed by atoms with Crippen molar-refractivity contribution in [2.24, 2.45) is 0 Å². The van der Waals surface area contributed by atoms with Crippen molar-refractivity contribution in [3.8, 4) is 0 Å². The highest BCUT2D eigenvalue weighted by molar-refractivity contribution is 5.72. The molecule has 3 N–H and O–H groups in total. The SMILES string of the molecule is O=C(O)C(O)CN1CCC(O)C1. The lowest BCUT2D eigenvalue weighted by Gasteiger charge is -2.16. The van der Waals surface area contributed by atoms with E-state index in [4.69, 9.17) is 15.3 Å². The summed E-state index contributed by atoms with van der Waals surface area (Å²) in [6.07, 6.45) is -1.05. The van der Waals surface area contributed by atoms with Crippen molar-refractivity contribution < 1.29 is 20.1 Å². The average Bonchev–Trinajstić information content (AvgIpc) is 2.35. The minimum atomic E-state index is -1.34. The summed E-state index contributed by atoms with van der Waals surface area (Å²) in [4.78, 5) is 12.0. The average molecular weight is 175 g/mol. The van der Waals surface area contributed by atoms with Gasteiger partial charge in [-0.3, -0.25) is 4.90 Å². The number of aliphatic carboxylic acids is 1. The Balaban J connectivity index is 2.27. The molecule has 5 nitrogen and oxygen atoms in total. The molecule has 1 saturated heterocycles. The Bertz CT molecular complexity index is 173. The molecular formula is C7H13NO4. The first kappa shape index (κ1) is 9.44. The zero-order valence-electron chi connectivity index (χ0n) is 6.68. The van der Waals surface area contributed by atoms with Gasteiger partial charge in [0.2, 0.25) is 0 Å². The number of aliphatic hydroxyl groups excluding tert-OH is 2. The molecule has 1 rings (SSSR count). The van der Waals surface area contributed by atoms with E-state index in [2.05, 4.69) is 0 Å². The van der Waals surface area contributed by atoms with Gasteiger partial charge < -0.3 is 15.3 Å². The van der Waals surface area contributed by atoms with Gasteiger partial charge in [-0.15, -0.1) is 0 Å². The summed E-state index contributed by atoms with van der Waals surface area (Å²) < 4.78 is 0. The van der Waals surface area contributed by atoms with E-state index in [1.54, 1.807) is 4.90 Å². The fourth-order valence-electron chi connectivity index (χ4n) is 1.30. The standard InChI is InChI=1S/C7H13NO4/c9-5-1-2-8(3-5)4-6(10)7(11)12/h5-6,9-10H,1-4H2,(H,11,12). The molecule has 5 heteroatoms. The number of aliphatic hydroxyl groups is 2. The van der Waals surface area contributed by atoms with Gasteiger partial charge in [-0.25, -0.2) is 4.79 Å². The van der Waals surface area contributed by atoms with E-state index in [0.29, 0.717) is 19.5 Å². The number of rotatable bonds is 3. The van der Waals surface area contributed by atoms with E-state index < -0.39 is 12.1 Å². The topological polar surface area (TPSA) is 81.0 Å². The predicted molar refractivity (Wildman–Crippen MR) is 40.7 cm³/mol. The van der Waals surface area contributed by atoms with E-state index in [-0.39, 0.29) is 12.6 Å². The molecule has 0 aromatic heterocycles. The molecule has 0 radical (unpaired) electrons. The first-order chi connectivity index (χ1) is 5.59. The van der Waals surface area contributed by atoms with Crippen LogP contribution in [-0.4, -0.2) is 58.0 Å². The molecule has 70 valence electrons. The Labute approximate surface area is 70.2 Å². The predicted octanol–water partition coefficient (Wildman–Crippen LogP) is -1.50. The summed E-state index contributed by atoms with van der Waals surface area (Å²) in [5.74, 6) is -1.21. The second-order valence-corrected chi connectivity index (χ2v) is 3.06. The summed E-state index contributed by atoms with van der Waals surface area (Å²) in [6.45, 7) is 1.22. The zero-order chi connectivity index (χ0) is 9.14. The van der Waals surface area contributed by atoms with Gasteiger partial charge in [0.1, 0.15) is 0 Å². The van der Waals surface area contributed by atoms with Crippen molar-refractivity contribution >= 4 is 5.97 Å². The van der Waals surface area contributed by atoms with Crippen LogP contribution < -0.4 is 0 Å². The molecule has 1 aliphatic heterocycles. The Morgan fingerprint density at radius 2 is 2.33 bits per heavy atom. The molecule has 0 amide bonds. The molecule has 0 aliphatic carbocycles. The number of nitrogens with zero attached hydrogens (tertiary/aromatic N) is 1. The van der Waals surface area contributed by atoms with Crippen molar-refractivity contribution in [3.05, 3.63) is 0 Å². The van der Waals surface area contributed by atoms with Crippen LogP contribution in [0.4, 0.5) is 0 Å². The number of carboxylic acid groups (broad SMARTS) is 1. The lowest BCUT2D eigenvalue weighted by Crippen LogP contribution is -2.35. The number of carboxylic acids is 1. The maximum absolute atomic E-state index is 10.2. The third kappa shape index (κ3) is 2.44. The second-order valence-electron chi connectivity index (χ2n) is 3.06. The van der Waals surface area contributed by atoms with Crippen molar-refractivity contribution in [2.45, 2.75) is 18.6 Å². The number of likely N-dealkylation sites (tertiary alicyclic amines) is 1. The van der Waals surface area contributed by atoms with Gasteiger partial charge in [0.15, 0.2) is 6.10 Å². The van der Waals surface area contributed by atoms with Crippen LogP contribution in [0.2, 0.25) is 0 Å². The van der Waals surface area contributed by atoms with Crippen molar-refractivity contribution in [3.63, 3.8) is 0 Å². The van der Waals surface area contributed by atoms with Crippen molar-refractivity contribution in [2.75, 3.05) is 19.6 Å². The molecule has 0 spiro atoms. The normalized spacial score (nSPS) is 27.3. The van der Waals surface area contributed by atoms with Crippen LogP contribution in [0.1, 0.15) is 6.42 Å². The minimum Gasteiger partial charge on any atom is -0.479 e. The highest BCUT2D eigenvalue weighted by atomic mass is 16.4. The van der Waals surface area contributed by atoms with Gasteiger partial charge in [-0.05, 0) is 6.42 Å². The van der Waals surface area contributed by atoms with Gasteiger partial charge in [0, 0.05) is 19.6 Å². The van der Waals surface area contributed by atoms with E-state index in [1.165, 1.54) is 0 Å². The number of carbonyl (C=O) groups is 1. The van der Waals surface area contributed by atoms with Crippen LogP contribution in [0.5, 0.6) is 0 Å². The van der Waals surface area contributed by atoms with E-state index in [1.807, 2.05) is 0 Å². The molecule has 12 heavy (non-hydrogen) atoms. The van der Waals surface area contributed by atoms with Crippen LogP contribution in [0, 0.1) is 0 Å². The van der Waals surface area contributed by atoms with Crippen LogP contribution in [0.15, 0.2) is 0 Å². The molecule has 2 atom stereocenters. The largest absolute Gasteiger partial charge is 0.479 e. The van der Waals surface area contributed by atoms with Crippen LogP contribution in [-0.2, 0) is 4.79 Å². The maximum atomic E-state index is 10.2. The Morgan fingerprint density at radius 3 is 2.75 bits per heavy atom. The van der Waals surface area contributed by atoms with E-state index >= 15 is 0 Å². The Hall–Kier alpha value is -0.650. The van der Waals surface area contributed by atoms with Crippen molar-refractivity contribution in [1.82, 2.24) is 4.90 Å². The lowest BCUT2D eigenvalue weighted by molar-refractivity contribution is -0.147. The molecule has 2 unspecified atom stereocenters. The lowest BCUT2D eigenvalue weighted by atomic mass is 10.3. The zero-order valence-corrected chi connectivity index (χ0v) is 6.68. The van der Waals surface area contributed by atoms with Crippen LogP contribution >= 0.6 is 0 Å². The number of hydrogen-bond donors (Lipinski definition) is 3. The molecule has 1 heterocycles. The minimum absolute atomic E-state index is 0.104. The van der Waals surface area contributed by atoms with Crippen molar-refractivity contribution in [1.29, 1.82) is 0 Å². The number of hydrogen-bond acceptors (Lipinski definition) is 4. The first-order valence-electron chi connectivity index (χ1n) is 3.91. The summed E-state index contributed by atoms with van der Waals surface area (Å²) in [7, 11) is 0. The number of β-amino-alcohol motifs (C(OH)–C–C–N with tert-alkyl or cyclic N) is 2. The van der Waals surface area contributed by atoms with Gasteiger partial charge in [0.05, 0.1) is 6.10 Å². The molecule has 1 aliphatic rings. The molecule has 0 bridgehead atoms. The fraction of sp³-hybridized carbons (Fsp3) is 0.857. The summed E-state index contributed by atoms with van der Waals surface area (Å²) in [5.41, 5.74) is 0. The first-order valence-corrected chi connectivity index (χ1v) is 3.91. The van der Waals surface area contributed by atoms with Gasteiger partial charge >= 0.3 is 5.97 Å². The third-order valence-corrected chi connectivity index (χ3v) is 1.96. The fourth-order valence-corrected chi connectivity index (χ4v) is 1.30. The summed E-state index contributed by atoms with van der Waals surface area (Å²) in [6, 6.07) is 0. The highest BCUT2D eigenvalue weighted by Crippen LogP contribution is 2.08. The van der Waals surface area contributed by atoms with E-state index in [0.717, 1.165) is 0 Å². The monoisotopic (exact) mass is 175 g/mol. The smallest absolute Gasteiger partial charge is 0.333 e. The van der Waals surface area contributed by atoms with E-state index in [9.17, 15) is 4.79 Å². The Morgan fingerprint density at radius 1 is 1.67 bits per heavy atom. The maximum Gasteiger partial charge on any atom is 0.333 e. The third-order valence-electron chi connectivity index (χ3n) is 1.96. The molecular weight excluding hydrogens is 162 g/mol. The second kappa shape index (κ2) is 3.84. The summed E-state index contributed by atoms with van der Waals surface area (Å²) in [5, 5.41) is 26.4. The molecule has 0 saturated carbocycles. The molecule has 1 fully saturated rings. The van der Waals surface area contributed by atoms with Gasteiger partial charge in [0.25, 0.3) is 0 Å². The molecule has 0 aromatic rings. The van der Waals surface area contributed by atoms with Crippen LogP contribution in [0.3, 0.4) is 0 Å². The van der Waals surface area contributed by atoms with Crippen LogP contribution in [0.25, 0.3) is 0 Å². The quantitative estimate of drug-likeness (QED) is 0.486. The molecule has 0 aromatic carbocycles. The summed E-state index contributed by atoms with van der Waals surface area (Å²) >= 11 is 0. The van der Waals surface area contributed by atoms with Gasteiger partial charge in [-0.2, -0.15) is 0 Å².